The number of anilines is 2. The highest BCUT2D eigenvalue weighted by atomic mass is 16.2. The first-order valence-electron chi connectivity index (χ1n) is 7.45. The molecule has 5 nitrogen and oxygen atoms in total. The van der Waals surface area contributed by atoms with E-state index in [1.54, 1.807) is 4.90 Å². The first kappa shape index (κ1) is 13.2. The molecule has 1 unspecified atom stereocenters. The molecule has 2 fully saturated rings. The van der Waals surface area contributed by atoms with Gasteiger partial charge in [-0.15, -0.1) is 0 Å². The van der Waals surface area contributed by atoms with Crippen LogP contribution in [0.25, 0.3) is 0 Å². The minimum Gasteiger partial charge on any atom is -0.382 e. The molecule has 1 aromatic carbocycles. The van der Waals surface area contributed by atoms with Crippen LogP contribution in [-0.2, 0) is 0 Å². The molecule has 2 saturated heterocycles. The van der Waals surface area contributed by atoms with Crippen molar-refractivity contribution in [1.29, 1.82) is 0 Å². The van der Waals surface area contributed by atoms with Crippen molar-refractivity contribution in [3.63, 3.8) is 0 Å². The van der Waals surface area contributed by atoms with Crippen LogP contribution in [0, 0.1) is 0 Å². The number of carbonyl (C=O) groups excluding carboxylic acids is 1. The molecule has 0 saturated carbocycles. The number of urea groups is 1. The lowest BCUT2D eigenvalue weighted by atomic mass is 10.1. The van der Waals surface area contributed by atoms with Crippen LogP contribution in [-0.4, -0.2) is 38.3 Å². The largest absolute Gasteiger partial charge is 0.382 e. The van der Waals surface area contributed by atoms with Crippen molar-refractivity contribution in [3.8, 4) is 0 Å². The van der Waals surface area contributed by atoms with Gasteiger partial charge in [-0.2, -0.15) is 0 Å². The van der Waals surface area contributed by atoms with Gasteiger partial charge in [0.05, 0.1) is 0 Å². The van der Waals surface area contributed by atoms with E-state index < -0.39 is 0 Å². The Hall–Kier alpha value is -1.75. The lowest BCUT2D eigenvalue weighted by Gasteiger charge is -2.20. The van der Waals surface area contributed by atoms with Gasteiger partial charge in [0.1, 0.15) is 0 Å². The maximum absolute atomic E-state index is 11.7. The van der Waals surface area contributed by atoms with Crippen LogP contribution >= 0.6 is 0 Å². The van der Waals surface area contributed by atoms with Gasteiger partial charge in [-0.05, 0) is 50.6 Å². The highest BCUT2D eigenvalue weighted by Crippen LogP contribution is 2.22. The molecule has 1 atom stereocenters. The number of amides is 2. The van der Waals surface area contributed by atoms with E-state index in [9.17, 15) is 4.79 Å². The van der Waals surface area contributed by atoms with Gasteiger partial charge < -0.3 is 16.0 Å². The second kappa shape index (κ2) is 6.13. The van der Waals surface area contributed by atoms with E-state index in [-0.39, 0.29) is 6.03 Å². The van der Waals surface area contributed by atoms with Crippen LogP contribution in [0.1, 0.15) is 19.3 Å². The third-order valence-corrected chi connectivity index (χ3v) is 3.96. The smallest absolute Gasteiger partial charge is 0.321 e. The lowest BCUT2D eigenvalue weighted by Crippen LogP contribution is -2.27. The minimum atomic E-state index is 0.000756. The van der Waals surface area contributed by atoms with Gasteiger partial charge in [0.15, 0.2) is 0 Å². The van der Waals surface area contributed by atoms with Crippen LogP contribution in [0.5, 0.6) is 0 Å². The number of nitrogens with zero attached hydrogens (tertiary/aromatic N) is 1. The summed E-state index contributed by atoms with van der Waals surface area (Å²) in [5.41, 5.74) is 2.07. The molecule has 0 aromatic heterocycles. The molecule has 0 bridgehead atoms. The fraction of sp³-hybridized carbons (Fsp3) is 0.533. The van der Waals surface area contributed by atoms with Gasteiger partial charge in [0.2, 0.25) is 0 Å². The Morgan fingerprint density at radius 1 is 1.20 bits per heavy atom. The van der Waals surface area contributed by atoms with Crippen LogP contribution in [0.15, 0.2) is 24.3 Å². The molecular formula is C15H22N4O. The molecule has 3 N–H and O–H groups in total. The third-order valence-electron chi connectivity index (χ3n) is 3.96. The van der Waals surface area contributed by atoms with E-state index >= 15 is 0 Å². The number of nitrogens with one attached hydrogen (secondary N) is 3. The van der Waals surface area contributed by atoms with Crippen LogP contribution in [0.3, 0.4) is 0 Å². The zero-order valence-electron chi connectivity index (χ0n) is 11.7. The fourth-order valence-electron chi connectivity index (χ4n) is 2.88. The lowest BCUT2D eigenvalue weighted by molar-refractivity contribution is 0.252. The van der Waals surface area contributed by atoms with Crippen LogP contribution < -0.4 is 20.9 Å². The first-order valence-corrected chi connectivity index (χ1v) is 7.45. The van der Waals surface area contributed by atoms with Crippen molar-refractivity contribution in [2.24, 2.45) is 0 Å². The van der Waals surface area contributed by atoms with Crippen LogP contribution in [0.2, 0.25) is 0 Å². The Labute approximate surface area is 119 Å². The second-order valence-electron chi connectivity index (χ2n) is 5.46. The van der Waals surface area contributed by atoms with E-state index in [2.05, 4.69) is 28.1 Å². The van der Waals surface area contributed by atoms with Gasteiger partial charge >= 0.3 is 6.03 Å². The van der Waals surface area contributed by atoms with E-state index in [1.807, 2.05) is 12.1 Å². The Morgan fingerprint density at radius 2 is 2.15 bits per heavy atom. The molecule has 0 radical (unpaired) electrons. The topological polar surface area (TPSA) is 56.4 Å². The van der Waals surface area contributed by atoms with Gasteiger partial charge in [-0.1, -0.05) is 6.07 Å². The van der Waals surface area contributed by atoms with Gasteiger partial charge in [0.25, 0.3) is 0 Å². The number of carbonyl (C=O) groups is 1. The number of hydrogen-bond acceptors (Lipinski definition) is 3. The monoisotopic (exact) mass is 274 g/mol. The zero-order valence-corrected chi connectivity index (χ0v) is 11.7. The van der Waals surface area contributed by atoms with Gasteiger partial charge in [-0.25, -0.2) is 4.79 Å². The molecule has 0 spiro atoms. The molecule has 2 amide bonds. The summed E-state index contributed by atoms with van der Waals surface area (Å²) in [5.74, 6) is 0. The van der Waals surface area contributed by atoms with Crippen molar-refractivity contribution < 1.29 is 4.79 Å². The Bertz CT molecular complexity index is 469. The normalized spacial score (nSPS) is 23.3. The molecule has 2 aliphatic rings. The highest BCUT2D eigenvalue weighted by molar-refractivity contribution is 5.94. The summed E-state index contributed by atoms with van der Waals surface area (Å²) >= 11 is 0. The molecule has 0 aliphatic carbocycles. The Morgan fingerprint density at radius 3 is 3.00 bits per heavy atom. The quantitative estimate of drug-likeness (QED) is 0.787. The second-order valence-corrected chi connectivity index (χ2v) is 5.46. The molecule has 5 heteroatoms. The summed E-state index contributed by atoms with van der Waals surface area (Å²) in [5, 5.41) is 9.86. The summed E-state index contributed by atoms with van der Waals surface area (Å²) in [4.78, 5) is 13.5. The third kappa shape index (κ3) is 3.04. The predicted molar refractivity (Wildman–Crippen MR) is 81.3 cm³/mol. The summed E-state index contributed by atoms with van der Waals surface area (Å²) < 4.78 is 0. The zero-order chi connectivity index (χ0) is 13.8. The van der Waals surface area contributed by atoms with E-state index in [0.717, 1.165) is 44.0 Å². The Balaban J connectivity index is 1.69. The van der Waals surface area contributed by atoms with Crippen LogP contribution in [0.4, 0.5) is 16.2 Å². The summed E-state index contributed by atoms with van der Waals surface area (Å²) in [6.07, 6.45) is 3.56. The molecule has 3 rings (SSSR count). The minimum absolute atomic E-state index is 0.000756. The van der Waals surface area contributed by atoms with Crippen molar-refractivity contribution in [2.75, 3.05) is 36.4 Å². The van der Waals surface area contributed by atoms with Gasteiger partial charge in [-0.3, -0.25) is 4.90 Å². The maximum Gasteiger partial charge on any atom is 0.321 e. The molecule has 1 aromatic rings. The number of rotatable bonds is 3. The average molecular weight is 274 g/mol. The fourth-order valence-corrected chi connectivity index (χ4v) is 2.88. The highest BCUT2D eigenvalue weighted by Gasteiger charge is 2.21. The molecule has 2 heterocycles. The summed E-state index contributed by atoms with van der Waals surface area (Å²) in [6, 6.07) is 8.68. The van der Waals surface area contributed by atoms with Crippen molar-refractivity contribution in [3.05, 3.63) is 24.3 Å². The maximum atomic E-state index is 11.7. The number of benzene rings is 1. The average Bonchev–Trinajstić information content (AvgIpc) is 2.72. The SMILES string of the molecule is O=C1NCCN1c1cccc(NC2CCCNCC2)c1. The molecule has 108 valence electrons. The van der Waals surface area contributed by atoms with Crippen molar-refractivity contribution in [1.82, 2.24) is 10.6 Å². The van der Waals surface area contributed by atoms with E-state index in [1.165, 1.54) is 12.8 Å². The molecule has 2 aliphatic heterocycles. The predicted octanol–water partition coefficient (Wildman–Crippen LogP) is 1.77. The number of hydrogen-bond donors (Lipinski definition) is 3. The summed E-state index contributed by atoms with van der Waals surface area (Å²) in [6.45, 7) is 3.67. The Kier molecular flexibility index (Phi) is 4.06. The van der Waals surface area contributed by atoms with Crippen molar-refractivity contribution in [2.45, 2.75) is 25.3 Å². The van der Waals surface area contributed by atoms with Crippen molar-refractivity contribution >= 4 is 17.4 Å². The van der Waals surface area contributed by atoms with Gasteiger partial charge in [0, 0.05) is 30.5 Å². The molecule has 20 heavy (non-hydrogen) atoms. The standard InChI is InChI=1S/C15H22N4O/c20-15-17-9-10-19(15)14-5-1-3-13(11-14)18-12-4-2-7-16-8-6-12/h1,3,5,11-12,16,18H,2,4,6-10H2,(H,17,20). The van der Waals surface area contributed by atoms with E-state index in [0.29, 0.717) is 6.04 Å². The summed E-state index contributed by atoms with van der Waals surface area (Å²) in [7, 11) is 0. The van der Waals surface area contributed by atoms with E-state index in [4.69, 9.17) is 0 Å². The molecular weight excluding hydrogens is 252 g/mol. The first-order chi connectivity index (χ1) is 9.83.